The van der Waals surface area contributed by atoms with Gasteiger partial charge in [0.1, 0.15) is 0 Å². The molecule has 0 aromatic heterocycles. The summed E-state index contributed by atoms with van der Waals surface area (Å²) in [7, 11) is 0. The van der Waals surface area contributed by atoms with Crippen molar-refractivity contribution in [2.24, 2.45) is 0 Å². The van der Waals surface area contributed by atoms with Gasteiger partial charge in [0.25, 0.3) is 0 Å². The summed E-state index contributed by atoms with van der Waals surface area (Å²) in [6.07, 6.45) is 0. The Labute approximate surface area is 118 Å². The van der Waals surface area contributed by atoms with Crippen LogP contribution in [0, 0.1) is 11.3 Å². The fourth-order valence-electron chi connectivity index (χ4n) is 1.31. The molecule has 0 N–H and O–H groups in total. The molecular formula is C13H7BrClNS. The van der Waals surface area contributed by atoms with Crippen LogP contribution in [0.15, 0.2) is 56.7 Å². The molecule has 2 rings (SSSR count). The van der Waals surface area contributed by atoms with E-state index in [4.69, 9.17) is 16.9 Å². The first kappa shape index (κ1) is 12.5. The van der Waals surface area contributed by atoms with E-state index in [1.54, 1.807) is 17.8 Å². The summed E-state index contributed by atoms with van der Waals surface area (Å²) >= 11 is 11.0. The van der Waals surface area contributed by atoms with Crippen molar-refractivity contribution in [3.05, 3.63) is 57.5 Å². The molecule has 0 aliphatic rings. The number of halogens is 2. The second-order valence-corrected chi connectivity index (χ2v) is 5.72. The minimum absolute atomic E-state index is 0.646. The summed E-state index contributed by atoms with van der Waals surface area (Å²) in [6.45, 7) is 0. The van der Waals surface area contributed by atoms with Crippen molar-refractivity contribution in [2.75, 3.05) is 0 Å². The molecule has 4 heteroatoms. The Morgan fingerprint density at radius 3 is 2.65 bits per heavy atom. The van der Waals surface area contributed by atoms with Crippen molar-refractivity contribution in [3.63, 3.8) is 0 Å². The molecule has 2 aromatic carbocycles. The van der Waals surface area contributed by atoms with Gasteiger partial charge >= 0.3 is 0 Å². The molecule has 0 radical (unpaired) electrons. The molecule has 0 amide bonds. The molecule has 0 spiro atoms. The molecular weight excluding hydrogens is 318 g/mol. The summed E-state index contributed by atoms with van der Waals surface area (Å²) in [6, 6.07) is 15.3. The number of hydrogen-bond acceptors (Lipinski definition) is 2. The van der Waals surface area contributed by atoms with Gasteiger partial charge in [-0.3, -0.25) is 0 Å². The summed E-state index contributed by atoms with van der Waals surface area (Å²) < 4.78 is 0.918. The van der Waals surface area contributed by atoms with Crippen molar-refractivity contribution in [1.29, 1.82) is 5.26 Å². The van der Waals surface area contributed by atoms with E-state index in [2.05, 4.69) is 22.0 Å². The van der Waals surface area contributed by atoms with Gasteiger partial charge in [0.15, 0.2) is 0 Å². The minimum Gasteiger partial charge on any atom is -0.192 e. The minimum atomic E-state index is 0.646. The average molecular weight is 325 g/mol. The van der Waals surface area contributed by atoms with Crippen LogP contribution in [0.3, 0.4) is 0 Å². The number of rotatable bonds is 2. The highest BCUT2D eigenvalue weighted by atomic mass is 79.9. The van der Waals surface area contributed by atoms with Crippen LogP contribution >= 0.6 is 39.3 Å². The highest BCUT2D eigenvalue weighted by Gasteiger charge is 2.04. The number of benzene rings is 2. The van der Waals surface area contributed by atoms with E-state index in [0.717, 1.165) is 19.3 Å². The fraction of sp³-hybridized carbons (Fsp3) is 0. The van der Waals surface area contributed by atoms with Gasteiger partial charge in [-0.25, -0.2) is 0 Å². The van der Waals surface area contributed by atoms with E-state index in [1.807, 2.05) is 36.4 Å². The van der Waals surface area contributed by atoms with Crippen LogP contribution in [0.25, 0.3) is 0 Å². The Hall–Kier alpha value is -0.950. The first-order chi connectivity index (χ1) is 8.19. The van der Waals surface area contributed by atoms with E-state index in [1.165, 1.54) is 0 Å². The van der Waals surface area contributed by atoms with Gasteiger partial charge in [0.2, 0.25) is 0 Å². The molecule has 1 nitrogen and oxygen atoms in total. The average Bonchev–Trinajstić information content (AvgIpc) is 2.32. The summed E-state index contributed by atoms with van der Waals surface area (Å²) in [5, 5.41) is 9.51. The van der Waals surface area contributed by atoms with Gasteiger partial charge in [0, 0.05) is 19.3 Å². The molecule has 0 bridgehead atoms. The van der Waals surface area contributed by atoms with Crippen molar-refractivity contribution in [3.8, 4) is 6.07 Å². The number of hydrogen-bond donors (Lipinski definition) is 0. The predicted molar refractivity (Wildman–Crippen MR) is 74.4 cm³/mol. The topological polar surface area (TPSA) is 23.8 Å². The molecule has 0 unspecified atom stereocenters. The Morgan fingerprint density at radius 2 is 2.00 bits per heavy atom. The quantitative estimate of drug-likeness (QED) is 0.765. The zero-order valence-electron chi connectivity index (χ0n) is 8.65. The Balaban J connectivity index is 2.28. The Bertz CT molecular complexity index is 592. The van der Waals surface area contributed by atoms with Crippen molar-refractivity contribution < 1.29 is 0 Å². The molecule has 84 valence electrons. The largest absolute Gasteiger partial charge is 0.192 e. The number of nitriles is 1. The summed E-state index contributed by atoms with van der Waals surface area (Å²) in [5.41, 5.74) is 0.646. The zero-order valence-corrected chi connectivity index (χ0v) is 11.8. The second kappa shape index (κ2) is 5.59. The Kier molecular flexibility index (Phi) is 4.11. The third-order valence-corrected chi connectivity index (χ3v) is 4.30. The van der Waals surface area contributed by atoms with Crippen LogP contribution in [0.2, 0.25) is 5.02 Å². The van der Waals surface area contributed by atoms with Crippen molar-refractivity contribution in [2.45, 2.75) is 9.79 Å². The fourth-order valence-corrected chi connectivity index (χ4v) is 3.07. The molecule has 0 atom stereocenters. The molecule has 0 heterocycles. The van der Waals surface area contributed by atoms with Gasteiger partial charge < -0.3 is 0 Å². The first-order valence-electron chi connectivity index (χ1n) is 4.82. The van der Waals surface area contributed by atoms with Gasteiger partial charge in [-0.05, 0) is 52.3 Å². The molecule has 17 heavy (non-hydrogen) atoms. The van der Waals surface area contributed by atoms with Crippen molar-refractivity contribution in [1.82, 2.24) is 0 Å². The van der Waals surface area contributed by atoms with Gasteiger partial charge in [-0.1, -0.05) is 29.4 Å². The lowest BCUT2D eigenvalue weighted by atomic mass is 10.2. The summed E-state index contributed by atoms with van der Waals surface area (Å²) in [4.78, 5) is 2.13. The van der Waals surface area contributed by atoms with Gasteiger partial charge in [-0.2, -0.15) is 5.26 Å². The predicted octanol–water partition coefficient (Wildman–Crippen LogP) is 5.13. The van der Waals surface area contributed by atoms with E-state index >= 15 is 0 Å². The lowest BCUT2D eigenvalue weighted by molar-refractivity contribution is 1.35. The van der Waals surface area contributed by atoms with Gasteiger partial charge in [0.05, 0.1) is 11.6 Å². The Morgan fingerprint density at radius 1 is 1.18 bits per heavy atom. The van der Waals surface area contributed by atoms with Crippen LogP contribution in [0.4, 0.5) is 0 Å². The maximum atomic E-state index is 8.78. The lowest BCUT2D eigenvalue weighted by Gasteiger charge is -2.04. The van der Waals surface area contributed by atoms with Crippen LogP contribution in [0.5, 0.6) is 0 Å². The molecule has 0 aliphatic carbocycles. The monoisotopic (exact) mass is 323 g/mol. The first-order valence-corrected chi connectivity index (χ1v) is 6.81. The standard InChI is InChI=1S/C13H7BrClNS/c14-12-6-9(8-16)4-5-13(12)17-11-3-1-2-10(15)7-11/h1-7H. The lowest BCUT2D eigenvalue weighted by Crippen LogP contribution is -1.79. The number of nitrogens with zero attached hydrogens (tertiary/aromatic N) is 1. The van der Waals surface area contributed by atoms with Crippen LogP contribution in [-0.2, 0) is 0 Å². The third-order valence-electron chi connectivity index (χ3n) is 2.08. The SMILES string of the molecule is N#Cc1ccc(Sc2cccc(Cl)c2)c(Br)c1. The third kappa shape index (κ3) is 3.26. The van der Waals surface area contributed by atoms with E-state index in [0.29, 0.717) is 5.56 Å². The van der Waals surface area contributed by atoms with E-state index < -0.39 is 0 Å². The molecule has 0 saturated carbocycles. The van der Waals surface area contributed by atoms with E-state index in [-0.39, 0.29) is 0 Å². The van der Waals surface area contributed by atoms with Crippen LogP contribution < -0.4 is 0 Å². The second-order valence-electron chi connectivity index (χ2n) is 3.32. The maximum absolute atomic E-state index is 8.78. The maximum Gasteiger partial charge on any atom is 0.0992 e. The zero-order chi connectivity index (χ0) is 12.3. The van der Waals surface area contributed by atoms with Crippen LogP contribution in [0.1, 0.15) is 5.56 Å². The molecule has 0 saturated heterocycles. The molecule has 0 aliphatic heterocycles. The highest BCUT2D eigenvalue weighted by Crippen LogP contribution is 2.34. The smallest absolute Gasteiger partial charge is 0.0992 e. The van der Waals surface area contributed by atoms with Crippen LogP contribution in [-0.4, -0.2) is 0 Å². The van der Waals surface area contributed by atoms with E-state index in [9.17, 15) is 0 Å². The molecule has 2 aromatic rings. The molecule has 0 fully saturated rings. The normalized spacial score (nSPS) is 9.94. The van der Waals surface area contributed by atoms with Crippen molar-refractivity contribution >= 4 is 39.3 Å². The highest BCUT2D eigenvalue weighted by molar-refractivity contribution is 9.10. The van der Waals surface area contributed by atoms with Gasteiger partial charge in [-0.15, -0.1) is 0 Å². The summed E-state index contributed by atoms with van der Waals surface area (Å²) in [5.74, 6) is 0.